The van der Waals surface area contributed by atoms with Gasteiger partial charge in [0.15, 0.2) is 18.5 Å². The molecular formula is C22H41N2O2P6S4+. The van der Waals surface area contributed by atoms with Crippen LogP contribution in [0.1, 0.15) is 17.3 Å². The summed E-state index contributed by atoms with van der Waals surface area (Å²) < 4.78 is 0. The number of nitrogens with one attached hydrogen (secondary N) is 2. The van der Waals surface area contributed by atoms with Crippen LogP contribution >= 0.6 is 40.7 Å². The van der Waals surface area contributed by atoms with Crippen molar-refractivity contribution in [3.8, 4) is 0 Å². The van der Waals surface area contributed by atoms with E-state index in [2.05, 4.69) is 69.4 Å². The fourth-order valence-electron chi connectivity index (χ4n) is 3.57. The van der Waals surface area contributed by atoms with E-state index in [-0.39, 0.29) is 11.8 Å². The molecule has 204 valence electrons. The van der Waals surface area contributed by atoms with Gasteiger partial charge in [0.1, 0.15) is 12.6 Å². The predicted octanol–water partition coefficient (Wildman–Crippen LogP) is 5.39. The minimum absolute atomic E-state index is 0.107. The first-order chi connectivity index (χ1) is 16.3. The molecule has 0 aliphatic heterocycles. The smallest absolute Gasteiger partial charge is 0.251 e. The van der Waals surface area contributed by atoms with Crippen LogP contribution in [0, 0.1) is 0 Å². The molecule has 1 aromatic rings. The summed E-state index contributed by atoms with van der Waals surface area (Å²) >= 11 is 23.6. The zero-order chi connectivity index (χ0) is 27.9. The van der Waals surface area contributed by atoms with Crippen molar-refractivity contribution in [1.82, 2.24) is 10.6 Å². The highest BCUT2D eigenvalue weighted by Gasteiger charge is 2.29. The Morgan fingerprint density at radius 1 is 0.833 bits per heavy atom. The molecule has 0 aromatic heterocycles. The van der Waals surface area contributed by atoms with Crippen molar-refractivity contribution in [2.45, 2.75) is 6.92 Å². The molecule has 0 fully saturated rings. The lowest BCUT2D eigenvalue weighted by Gasteiger charge is -2.30. The summed E-state index contributed by atoms with van der Waals surface area (Å²) in [6, 6.07) is 1.87. The van der Waals surface area contributed by atoms with Crippen LogP contribution in [0.2, 0.25) is 0 Å². The van der Waals surface area contributed by atoms with E-state index in [1.807, 2.05) is 6.07 Å². The van der Waals surface area contributed by atoms with Gasteiger partial charge in [-0.3, -0.25) is 9.59 Å². The summed E-state index contributed by atoms with van der Waals surface area (Å²) in [6.07, 6.45) is 0. The fourth-order valence-corrected chi connectivity index (χ4v) is 27.4. The molecule has 0 heterocycles. The summed E-state index contributed by atoms with van der Waals surface area (Å²) in [5.41, 5.74) is 0.657. The average Bonchev–Trinajstić information content (AvgIpc) is 2.66. The van der Waals surface area contributed by atoms with Gasteiger partial charge in [0.05, 0.1) is 0 Å². The molecule has 1 aromatic carbocycles. The van der Waals surface area contributed by atoms with Crippen LogP contribution in [0.3, 0.4) is 0 Å². The molecule has 2 amide bonds. The highest BCUT2D eigenvalue weighted by atomic mass is 32.5. The van der Waals surface area contributed by atoms with Crippen LogP contribution < -0.4 is 21.2 Å². The Labute approximate surface area is 243 Å². The number of hydrogen-bond acceptors (Lipinski definition) is 6. The quantitative estimate of drug-likeness (QED) is 0.203. The molecule has 2 atom stereocenters. The minimum atomic E-state index is -1.48. The van der Waals surface area contributed by atoms with Crippen molar-refractivity contribution in [3.05, 3.63) is 23.8 Å². The molecule has 0 spiro atoms. The highest BCUT2D eigenvalue weighted by molar-refractivity contribution is 8.20. The molecule has 2 unspecified atom stereocenters. The topological polar surface area (TPSA) is 58.2 Å². The van der Waals surface area contributed by atoms with Crippen molar-refractivity contribution < 1.29 is 9.59 Å². The third-order valence-electron chi connectivity index (χ3n) is 4.61. The average molecular weight is 680 g/mol. The molecule has 1 rings (SSSR count). The number of carbonyl (C=O) groups is 2. The SMILES string of the molecule is CC(=O)NCCNC(=O)c1ccc(P(CP(C)(C)=S)CP(C)(C)=S)c(P(C[P+](C)=S)CP(C)(C)=S)c1. The van der Waals surface area contributed by atoms with Crippen molar-refractivity contribution in [3.63, 3.8) is 0 Å². The second-order valence-electron chi connectivity index (χ2n) is 10.4. The first kappa shape index (κ1) is 35.5. The lowest BCUT2D eigenvalue weighted by Crippen LogP contribution is -2.34. The predicted molar refractivity (Wildman–Crippen MR) is 189 cm³/mol. The first-order valence-corrected chi connectivity index (χ1v) is 29.5. The Balaban J connectivity index is 3.62. The molecule has 0 radical (unpaired) electrons. The molecule has 0 aliphatic rings. The Bertz CT molecular complexity index is 1090. The van der Waals surface area contributed by atoms with E-state index in [1.165, 1.54) is 17.5 Å². The second kappa shape index (κ2) is 15.5. The summed E-state index contributed by atoms with van der Waals surface area (Å²) in [6.45, 7) is 17.3. The van der Waals surface area contributed by atoms with Crippen molar-refractivity contribution >= 4 is 110 Å². The Morgan fingerprint density at radius 3 is 1.75 bits per heavy atom. The van der Waals surface area contributed by atoms with Crippen LogP contribution in [0.4, 0.5) is 0 Å². The van der Waals surface area contributed by atoms with Gasteiger partial charge in [0, 0.05) is 43.3 Å². The summed E-state index contributed by atoms with van der Waals surface area (Å²) in [7, 11) is -1.10. The van der Waals surface area contributed by atoms with Gasteiger partial charge >= 0.3 is 0 Å². The van der Waals surface area contributed by atoms with Crippen LogP contribution in [-0.2, 0) is 52.0 Å². The number of hydrogen-bond donors (Lipinski definition) is 2. The van der Waals surface area contributed by atoms with Crippen LogP contribution in [0.15, 0.2) is 18.2 Å². The van der Waals surface area contributed by atoms with E-state index in [1.54, 1.807) is 0 Å². The van der Waals surface area contributed by atoms with Gasteiger partial charge in [-0.1, -0.05) is 49.4 Å². The van der Waals surface area contributed by atoms with Crippen LogP contribution in [0.25, 0.3) is 0 Å². The molecule has 2 N–H and O–H groups in total. The van der Waals surface area contributed by atoms with Crippen molar-refractivity contribution in [2.24, 2.45) is 0 Å². The van der Waals surface area contributed by atoms with E-state index >= 15 is 0 Å². The monoisotopic (exact) mass is 679 g/mol. The zero-order valence-corrected chi connectivity index (χ0v) is 31.2. The lowest BCUT2D eigenvalue weighted by atomic mass is 10.2. The molecule has 36 heavy (non-hydrogen) atoms. The third kappa shape index (κ3) is 15.3. The molecule has 0 bridgehead atoms. The summed E-state index contributed by atoms with van der Waals surface area (Å²) in [4.78, 5) is 24.2. The van der Waals surface area contributed by atoms with E-state index < -0.39 is 40.7 Å². The maximum absolute atomic E-state index is 13.0. The molecule has 0 saturated heterocycles. The molecule has 4 nitrogen and oxygen atoms in total. The van der Waals surface area contributed by atoms with E-state index in [0.717, 1.165) is 23.6 Å². The van der Waals surface area contributed by atoms with E-state index in [4.69, 9.17) is 47.2 Å². The standard InChI is InChI=1S/C22H40N2O2P6S4/c1-18(25)23-11-12-24-22(26)19-9-10-20(29(16-31(5,6)35)17-32(7,8)36)21(13-19)28(14-27(2)33)15-30(3,4)34/h9-10,13H,11-12,14-17H2,1-8H3,(H-,23,24,25,26)/p+1. The highest BCUT2D eigenvalue weighted by Crippen LogP contribution is 2.61. The number of benzene rings is 1. The number of amides is 2. The fraction of sp³-hybridized carbons (Fsp3) is 0.636. The van der Waals surface area contributed by atoms with Gasteiger partial charge in [-0.05, 0) is 88.8 Å². The normalized spacial score (nSPS) is 13.9. The molecule has 0 aliphatic carbocycles. The number of carbonyl (C=O) groups excluding carboxylic acids is 2. The Kier molecular flexibility index (Phi) is 15.3. The summed E-state index contributed by atoms with van der Waals surface area (Å²) in [5, 5.41) is 8.33. The van der Waals surface area contributed by atoms with Crippen molar-refractivity contribution in [2.75, 3.05) is 83.4 Å². The third-order valence-corrected chi connectivity index (χ3v) is 26.3. The van der Waals surface area contributed by atoms with Gasteiger partial charge in [-0.2, -0.15) is 0 Å². The van der Waals surface area contributed by atoms with Gasteiger partial charge in [0.25, 0.3) is 5.91 Å². The van der Waals surface area contributed by atoms with Crippen LogP contribution in [-0.4, -0.2) is 95.2 Å². The maximum atomic E-state index is 13.0. The Morgan fingerprint density at radius 2 is 1.31 bits per heavy atom. The van der Waals surface area contributed by atoms with Gasteiger partial charge in [-0.15, -0.1) is 0 Å². The minimum Gasteiger partial charge on any atom is -0.355 e. The number of rotatable bonds is 14. The second-order valence-corrected chi connectivity index (χ2v) is 39.6. The van der Waals surface area contributed by atoms with Crippen LogP contribution in [0.5, 0.6) is 0 Å². The molecular weight excluding hydrogens is 638 g/mol. The first-order valence-electron chi connectivity index (χ1n) is 11.4. The molecule has 14 heteroatoms. The zero-order valence-electron chi connectivity index (χ0n) is 22.6. The van der Waals surface area contributed by atoms with Gasteiger partial charge < -0.3 is 10.6 Å². The lowest BCUT2D eigenvalue weighted by molar-refractivity contribution is -0.118. The van der Waals surface area contributed by atoms with Crippen molar-refractivity contribution in [1.29, 1.82) is 0 Å². The van der Waals surface area contributed by atoms with Gasteiger partial charge in [-0.25, -0.2) is 0 Å². The Hall–Kier alpha value is 1.49. The van der Waals surface area contributed by atoms with E-state index in [0.29, 0.717) is 18.7 Å². The molecule has 0 saturated carbocycles. The maximum Gasteiger partial charge on any atom is 0.251 e. The van der Waals surface area contributed by atoms with Gasteiger partial charge in [0.2, 0.25) is 5.91 Å². The largest absolute Gasteiger partial charge is 0.355 e. The summed E-state index contributed by atoms with van der Waals surface area (Å²) in [5.74, 6) is 3.84. The van der Waals surface area contributed by atoms with E-state index in [9.17, 15) is 9.59 Å².